The maximum atomic E-state index is 13.9. The molecule has 0 atom stereocenters. The minimum atomic E-state index is -1.36. The van der Waals surface area contributed by atoms with Crippen LogP contribution in [-0.2, 0) is 11.2 Å². The van der Waals surface area contributed by atoms with Crippen molar-refractivity contribution in [2.75, 3.05) is 13.1 Å². The Morgan fingerprint density at radius 2 is 1.79 bits per heavy atom. The molecule has 3 aromatic rings. The van der Waals surface area contributed by atoms with Crippen LogP contribution in [0.5, 0.6) is 5.75 Å². The number of benzene rings is 2. The maximum Gasteiger partial charge on any atom is 0.258 e. The summed E-state index contributed by atoms with van der Waals surface area (Å²) in [5.41, 5.74) is 0.478. The number of ether oxygens (including phenoxy) is 1. The van der Waals surface area contributed by atoms with Crippen LogP contribution >= 0.6 is 0 Å². The molecule has 9 heteroatoms. The summed E-state index contributed by atoms with van der Waals surface area (Å²) < 4.78 is 52.5. The summed E-state index contributed by atoms with van der Waals surface area (Å²) in [5.74, 6) is -3.90. The van der Waals surface area contributed by atoms with Gasteiger partial charge in [0.15, 0.2) is 17.4 Å². The van der Waals surface area contributed by atoms with E-state index in [4.69, 9.17) is 9.15 Å². The van der Waals surface area contributed by atoms with Gasteiger partial charge in [-0.3, -0.25) is 9.59 Å². The van der Waals surface area contributed by atoms with Crippen LogP contribution < -0.4 is 10.1 Å². The first kappa shape index (κ1) is 21.1. The molecule has 0 aliphatic carbocycles. The molecule has 0 radical (unpaired) electrons. The summed E-state index contributed by atoms with van der Waals surface area (Å²) in [7, 11) is 0. The van der Waals surface area contributed by atoms with Gasteiger partial charge in [0, 0.05) is 37.1 Å². The van der Waals surface area contributed by atoms with Crippen LogP contribution in [0, 0.1) is 17.5 Å². The number of likely N-dealkylation sites (tertiary alicyclic amines) is 1. The van der Waals surface area contributed by atoms with Gasteiger partial charge in [-0.05, 0) is 35.9 Å². The lowest BCUT2D eigenvalue weighted by molar-refractivity contribution is -0.134. The fraction of sp³-hybridized carbons (Fsp3) is 0.250. The zero-order chi connectivity index (χ0) is 23.2. The first-order chi connectivity index (χ1) is 15.8. The Hall–Kier alpha value is -3.75. The van der Waals surface area contributed by atoms with Gasteiger partial charge in [0.2, 0.25) is 5.91 Å². The molecule has 2 aromatic carbocycles. The molecule has 3 heterocycles. The lowest BCUT2D eigenvalue weighted by Crippen LogP contribution is -2.61. The van der Waals surface area contributed by atoms with E-state index >= 15 is 0 Å². The maximum absolute atomic E-state index is 13.9. The number of furan rings is 1. The second kappa shape index (κ2) is 7.99. The van der Waals surface area contributed by atoms with Crippen molar-refractivity contribution in [2.45, 2.75) is 25.0 Å². The number of carbonyl (C=O) groups excluding carboxylic acids is 2. The van der Waals surface area contributed by atoms with Gasteiger partial charge >= 0.3 is 0 Å². The average Bonchev–Trinajstić information content (AvgIpc) is 3.34. The van der Waals surface area contributed by atoms with Crippen LogP contribution in [0.2, 0.25) is 0 Å². The second-order valence-electron chi connectivity index (χ2n) is 8.15. The third-order valence-electron chi connectivity index (χ3n) is 6.12. The Balaban J connectivity index is 1.28. The van der Waals surface area contributed by atoms with E-state index in [-0.39, 0.29) is 19.0 Å². The highest BCUT2D eigenvalue weighted by atomic mass is 19.2. The smallest absolute Gasteiger partial charge is 0.258 e. The Labute approximate surface area is 186 Å². The zero-order valence-electron chi connectivity index (χ0n) is 17.4. The molecule has 170 valence electrons. The van der Waals surface area contributed by atoms with Crippen molar-refractivity contribution >= 4 is 11.8 Å². The van der Waals surface area contributed by atoms with E-state index in [0.717, 1.165) is 17.2 Å². The molecule has 6 nitrogen and oxygen atoms in total. The third kappa shape index (κ3) is 3.83. The summed E-state index contributed by atoms with van der Waals surface area (Å²) >= 11 is 0. The number of rotatable bonds is 3. The molecular weight excluding hydrogens is 437 g/mol. The van der Waals surface area contributed by atoms with Crippen LogP contribution in [0.3, 0.4) is 0 Å². The number of halogens is 3. The number of fused-ring (bicyclic) bond motifs is 1. The topological polar surface area (TPSA) is 71.8 Å². The molecule has 1 fully saturated rings. The fourth-order valence-corrected chi connectivity index (χ4v) is 4.25. The summed E-state index contributed by atoms with van der Waals surface area (Å²) in [6, 6.07) is 8.56. The molecule has 2 aliphatic rings. The normalized spacial score (nSPS) is 16.8. The van der Waals surface area contributed by atoms with Crippen LogP contribution in [0.15, 0.2) is 53.3 Å². The van der Waals surface area contributed by atoms with Crippen LogP contribution in [0.1, 0.15) is 28.8 Å². The molecular formula is C24H19F3N2O4. The van der Waals surface area contributed by atoms with Crippen LogP contribution in [0.25, 0.3) is 11.1 Å². The Morgan fingerprint density at radius 1 is 1.03 bits per heavy atom. The van der Waals surface area contributed by atoms with Crippen molar-refractivity contribution in [2.24, 2.45) is 0 Å². The van der Waals surface area contributed by atoms with Gasteiger partial charge in [-0.15, -0.1) is 0 Å². The minimum absolute atomic E-state index is 0.208. The molecule has 2 amide bonds. The highest BCUT2D eigenvalue weighted by Crippen LogP contribution is 2.36. The molecule has 1 N–H and O–H groups in total. The molecule has 0 bridgehead atoms. The largest absolute Gasteiger partial charge is 0.472 e. The van der Waals surface area contributed by atoms with Gasteiger partial charge in [0.05, 0.1) is 24.5 Å². The lowest BCUT2D eigenvalue weighted by atomic mass is 9.95. The van der Waals surface area contributed by atoms with Crippen molar-refractivity contribution in [3.8, 4) is 16.9 Å². The first-order valence-electron chi connectivity index (χ1n) is 10.4. The van der Waals surface area contributed by atoms with E-state index in [9.17, 15) is 22.8 Å². The molecule has 1 aromatic heterocycles. The minimum Gasteiger partial charge on any atom is -0.472 e. The molecule has 1 saturated heterocycles. The van der Waals surface area contributed by atoms with Gasteiger partial charge in [0.1, 0.15) is 11.6 Å². The van der Waals surface area contributed by atoms with Crippen molar-refractivity contribution in [3.05, 3.63) is 77.5 Å². The van der Waals surface area contributed by atoms with E-state index < -0.39 is 41.1 Å². The SMILES string of the molecule is O=C1NC2(CCN(C(=O)Cc3c(F)ccc(F)c3F)CC2)Oc2ccc(-c3ccoc3)cc21. The molecule has 5 rings (SSSR count). The van der Waals surface area contributed by atoms with Crippen molar-refractivity contribution in [1.29, 1.82) is 0 Å². The lowest BCUT2D eigenvalue weighted by Gasteiger charge is -2.44. The van der Waals surface area contributed by atoms with Gasteiger partial charge < -0.3 is 19.4 Å². The Kier molecular flexibility index (Phi) is 5.11. The highest BCUT2D eigenvalue weighted by molar-refractivity contribution is 5.99. The number of amides is 2. The molecule has 1 spiro atoms. The van der Waals surface area contributed by atoms with Crippen molar-refractivity contribution in [3.63, 3.8) is 0 Å². The van der Waals surface area contributed by atoms with Gasteiger partial charge in [-0.1, -0.05) is 6.07 Å². The van der Waals surface area contributed by atoms with Crippen LogP contribution in [-0.4, -0.2) is 35.5 Å². The van der Waals surface area contributed by atoms with Crippen molar-refractivity contribution in [1.82, 2.24) is 10.2 Å². The summed E-state index contributed by atoms with van der Waals surface area (Å²) in [5, 5.41) is 2.90. The molecule has 0 saturated carbocycles. The molecule has 2 aliphatic heterocycles. The number of hydrogen-bond acceptors (Lipinski definition) is 4. The standard InChI is InChI=1S/C24H19F3N2O4/c25-18-2-3-19(26)22(27)16(18)12-21(30)29-8-6-24(7-9-29)28-23(31)17-11-14(1-4-20(17)33-24)15-5-10-32-13-15/h1-5,10-11,13H,6-9,12H2,(H,28,31). The first-order valence-corrected chi connectivity index (χ1v) is 10.4. The number of nitrogens with zero attached hydrogens (tertiary/aromatic N) is 1. The molecule has 0 unspecified atom stereocenters. The van der Waals surface area contributed by atoms with Crippen molar-refractivity contribution < 1.29 is 31.9 Å². The zero-order valence-corrected chi connectivity index (χ0v) is 17.4. The summed E-state index contributed by atoms with van der Waals surface area (Å²) in [4.78, 5) is 26.9. The predicted molar refractivity (Wildman–Crippen MR) is 111 cm³/mol. The number of piperidine rings is 1. The van der Waals surface area contributed by atoms with E-state index in [1.165, 1.54) is 4.90 Å². The van der Waals surface area contributed by atoms with Crippen LogP contribution in [0.4, 0.5) is 13.2 Å². The Bertz CT molecular complexity index is 1230. The third-order valence-corrected chi connectivity index (χ3v) is 6.12. The summed E-state index contributed by atoms with van der Waals surface area (Å²) in [6.07, 6.45) is 3.13. The van der Waals surface area contributed by atoms with E-state index in [1.807, 2.05) is 6.07 Å². The second-order valence-corrected chi connectivity index (χ2v) is 8.15. The van der Waals surface area contributed by atoms with E-state index in [0.29, 0.717) is 30.2 Å². The van der Waals surface area contributed by atoms with Gasteiger partial charge in [-0.25, -0.2) is 13.2 Å². The monoisotopic (exact) mass is 456 g/mol. The average molecular weight is 456 g/mol. The van der Waals surface area contributed by atoms with Gasteiger partial charge in [0.25, 0.3) is 5.91 Å². The summed E-state index contributed by atoms with van der Waals surface area (Å²) in [6.45, 7) is 0.417. The molecule has 33 heavy (non-hydrogen) atoms. The predicted octanol–water partition coefficient (Wildman–Crippen LogP) is 4.05. The van der Waals surface area contributed by atoms with Gasteiger partial charge in [-0.2, -0.15) is 0 Å². The quantitative estimate of drug-likeness (QED) is 0.604. The van der Waals surface area contributed by atoms with E-state index in [2.05, 4.69) is 5.32 Å². The number of nitrogens with one attached hydrogen (secondary N) is 1. The van der Waals surface area contributed by atoms with E-state index in [1.54, 1.807) is 30.7 Å². The Morgan fingerprint density at radius 3 is 2.52 bits per heavy atom. The number of hydrogen-bond donors (Lipinski definition) is 1. The fourth-order valence-electron chi connectivity index (χ4n) is 4.25. The highest BCUT2D eigenvalue weighted by Gasteiger charge is 2.43. The number of carbonyl (C=O) groups is 2.